The van der Waals surface area contributed by atoms with E-state index in [9.17, 15) is 0 Å². The average molecular weight is 173 g/mol. The second-order valence-corrected chi connectivity index (χ2v) is 3.04. The van der Waals surface area contributed by atoms with E-state index in [0.29, 0.717) is 0 Å². The molecule has 0 aromatic carbocycles. The van der Waals surface area contributed by atoms with Crippen LogP contribution in [0.25, 0.3) is 5.69 Å². The lowest BCUT2D eigenvalue weighted by molar-refractivity contribution is 0.840. The second kappa shape index (κ2) is 3.01. The van der Waals surface area contributed by atoms with Crippen molar-refractivity contribution in [1.29, 1.82) is 0 Å². The normalized spacial score (nSPS) is 10.3. The van der Waals surface area contributed by atoms with Gasteiger partial charge < -0.3 is 0 Å². The summed E-state index contributed by atoms with van der Waals surface area (Å²) in [6.45, 7) is 3.99. The van der Waals surface area contributed by atoms with E-state index in [2.05, 4.69) is 10.1 Å². The van der Waals surface area contributed by atoms with Crippen LogP contribution in [-0.4, -0.2) is 14.8 Å². The van der Waals surface area contributed by atoms with Gasteiger partial charge in [0.2, 0.25) is 0 Å². The standard InChI is InChI=1S/C10H11N3/c1-8-3-4-10(7-11-8)13-9(2)5-6-12-13/h3-7H,1-2H3. The molecule has 13 heavy (non-hydrogen) atoms. The molecule has 0 fully saturated rings. The SMILES string of the molecule is Cc1ccc(-n2nccc2C)cn1. The number of aryl methyl sites for hydroxylation is 2. The fraction of sp³-hybridized carbons (Fsp3) is 0.200. The minimum atomic E-state index is 1.01. The molecule has 0 saturated heterocycles. The second-order valence-electron chi connectivity index (χ2n) is 3.04. The first kappa shape index (κ1) is 7.98. The van der Waals surface area contributed by atoms with Gasteiger partial charge in [-0.25, -0.2) is 4.68 Å². The topological polar surface area (TPSA) is 30.7 Å². The smallest absolute Gasteiger partial charge is 0.0832 e. The summed E-state index contributed by atoms with van der Waals surface area (Å²) < 4.78 is 1.87. The van der Waals surface area contributed by atoms with Gasteiger partial charge >= 0.3 is 0 Å². The van der Waals surface area contributed by atoms with E-state index in [-0.39, 0.29) is 0 Å². The molecular formula is C10H11N3. The molecule has 3 nitrogen and oxygen atoms in total. The predicted molar refractivity (Wildman–Crippen MR) is 50.8 cm³/mol. The van der Waals surface area contributed by atoms with E-state index in [1.54, 1.807) is 6.20 Å². The summed E-state index contributed by atoms with van der Waals surface area (Å²) >= 11 is 0. The molecule has 0 spiro atoms. The van der Waals surface area contributed by atoms with Gasteiger partial charge in [-0.3, -0.25) is 4.98 Å². The van der Waals surface area contributed by atoms with E-state index in [1.165, 1.54) is 0 Å². The van der Waals surface area contributed by atoms with E-state index in [1.807, 2.05) is 42.9 Å². The van der Waals surface area contributed by atoms with Gasteiger partial charge in [0.05, 0.1) is 11.9 Å². The van der Waals surface area contributed by atoms with Crippen LogP contribution in [0.15, 0.2) is 30.6 Å². The summed E-state index contributed by atoms with van der Waals surface area (Å²) in [5.41, 5.74) is 3.15. The van der Waals surface area contributed by atoms with Gasteiger partial charge in [0.1, 0.15) is 0 Å². The first-order valence-corrected chi connectivity index (χ1v) is 4.21. The fourth-order valence-corrected chi connectivity index (χ4v) is 1.23. The van der Waals surface area contributed by atoms with Crippen molar-refractivity contribution in [2.75, 3.05) is 0 Å². The van der Waals surface area contributed by atoms with Gasteiger partial charge in [-0.05, 0) is 32.0 Å². The highest BCUT2D eigenvalue weighted by atomic mass is 15.3. The molecule has 0 saturated carbocycles. The van der Waals surface area contributed by atoms with Crippen molar-refractivity contribution in [3.05, 3.63) is 42.0 Å². The van der Waals surface area contributed by atoms with Crippen LogP contribution < -0.4 is 0 Å². The Morgan fingerprint density at radius 3 is 2.54 bits per heavy atom. The number of aromatic nitrogens is 3. The van der Waals surface area contributed by atoms with Crippen LogP contribution in [0, 0.1) is 13.8 Å². The van der Waals surface area contributed by atoms with Crippen LogP contribution in [0.3, 0.4) is 0 Å². The number of hydrogen-bond acceptors (Lipinski definition) is 2. The van der Waals surface area contributed by atoms with E-state index >= 15 is 0 Å². The summed E-state index contributed by atoms with van der Waals surface area (Å²) in [7, 11) is 0. The van der Waals surface area contributed by atoms with E-state index in [0.717, 1.165) is 17.1 Å². The molecule has 2 heterocycles. The van der Waals surface area contributed by atoms with Crippen molar-refractivity contribution in [1.82, 2.24) is 14.8 Å². The molecule has 2 aromatic rings. The lowest BCUT2D eigenvalue weighted by Gasteiger charge is -2.02. The molecule has 0 atom stereocenters. The maximum Gasteiger partial charge on any atom is 0.0832 e. The summed E-state index contributed by atoms with van der Waals surface area (Å²) in [4.78, 5) is 4.22. The van der Waals surface area contributed by atoms with Crippen LogP contribution >= 0.6 is 0 Å². The molecule has 0 N–H and O–H groups in total. The Morgan fingerprint density at radius 2 is 2.00 bits per heavy atom. The molecule has 0 aliphatic carbocycles. The predicted octanol–water partition coefficient (Wildman–Crippen LogP) is 1.88. The summed E-state index contributed by atoms with van der Waals surface area (Å²) in [5.74, 6) is 0. The molecule has 2 rings (SSSR count). The van der Waals surface area contributed by atoms with Gasteiger partial charge in [0.15, 0.2) is 0 Å². The Morgan fingerprint density at radius 1 is 1.15 bits per heavy atom. The molecule has 66 valence electrons. The monoisotopic (exact) mass is 173 g/mol. The Kier molecular flexibility index (Phi) is 1.85. The van der Waals surface area contributed by atoms with Gasteiger partial charge in [-0.1, -0.05) is 0 Å². The van der Waals surface area contributed by atoms with Crippen molar-refractivity contribution >= 4 is 0 Å². The van der Waals surface area contributed by atoms with Crippen LogP contribution in [0.1, 0.15) is 11.4 Å². The maximum atomic E-state index is 4.22. The zero-order chi connectivity index (χ0) is 9.26. The number of nitrogens with zero attached hydrogens (tertiary/aromatic N) is 3. The number of pyridine rings is 1. The fourth-order valence-electron chi connectivity index (χ4n) is 1.23. The highest BCUT2D eigenvalue weighted by molar-refractivity contribution is 5.30. The third-order valence-corrected chi connectivity index (χ3v) is 1.97. The van der Waals surface area contributed by atoms with E-state index in [4.69, 9.17) is 0 Å². The third-order valence-electron chi connectivity index (χ3n) is 1.97. The Balaban J connectivity index is 2.47. The quantitative estimate of drug-likeness (QED) is 0.659. The summed E-state index contributed by atoms with van der Waals surface area (Å²) in [5, 5.41) is 4.19. The molecular weight excluding hydrogens is 162 g/mol. The highest BCUT2D eigenvalue weighted by Crippen LogP contribution is 2.08. The number of hydrogen-bond donors (Lipinski definition) is 0. The van der Waals surface area contributed by atoms with Crippen LogP contribution in [-0.2, 0) is 0 Å². The first-order valence-electron chi connectivity index (χ1n) is 4.21. The minimum Gasteiger partial charge on any atom is -0.259 e. The molecule has 0 amide bonds. The molecule has 0 aliphatic rings. The maximum absolute atomic E-state index is 4.22. The van der Waals surface area contributed by atoms with Crippen LogP contribution in [0.5, 0.6) is 0 Å². The van der Waals surface area contributed by atoms with Crippen molar-refractivity contribution in [2.45, 2.75) is 13.8 Å². The summed E-state index contributed by atoms with van der Waals surface area (Å²) in [6, 6.07) is 5.97. The largest absolute Gasteiger partial charge is 0.259 e. The average Bonchev–Trinajstić information content (AvgIpc) is 2.53. The van der Waals surface area contributed by atoms with Crippen molar-refractivity contribution in [3.63, 3.8) is 0 Å². The van der Waals surface area contributed by atoms with Gasteiger partial charge in [-0.15, -0.1) is 0 Å². The molecule has 0 bridgehead atoms. The lowest BCUT2D eigenvalue weighted by Crippen LogP contribution is -1.99. The molecule has 0 unspecified atom stereocenters. The molecule has 3 heteroatoms. The van der Waals surface area contributed by atoms with Crippen LogP contribution in [0.2, 0.25) is 0 Å². The Labute approximate surface area is 77.0 Å². The molecule has 0 radical (unpaired) electrons. The Bertz CT molecular complexity index is 400. The Hall–Kier alpha value is -1.64. The van der Waals surface area contributed by atoms with Crippen molar-refractivity contribution in [3.8, 4) is 5.69 Å². The molecule has 2 aromatic heterocycles. The first-order chi connectivity index (χ1) is 6.27. The van der Waals surface area contributed by atoms with Crippen molar-refractivity contribution in [2.24, 2.45) is 0 Å². The van der Waals surface area contributed by atoms with E-state index < -0.39 is 0 Å². The minimum absolute atomic E-state index is 1.01. The van der Waals surface area contributed by atoms with Crippen LogP contribution in [0.4, 0.5) is 0 Å². The lowest BCUT2D eigenvalue weighted by atomic mass is 10.3. The van der Waals surface area contributed by atoms with Gasteiger partial charge in [0.25, 0.3) is 0 Å². The molecule has 0 aliphatic heterocycles. The van der Waals surface area contributed by atoms with Gasteiger partial charge in [0, 0.05) is 17.6 Å². The summed E-state index contributed by atoms with van der Waals surface area (Å²) in [6.07, 6.45) is 3.62. The van der Waals surface area contributed by atoms with Crippen molar-refractivity contribution < 1.29 is 0 Å². The third kappa shape index (κ3) is 1.45. The number of rotatable bonds is 1. The highest BCUT2D eigenvalue weighted by Gasteiger charge is 1.99. The zero-order valence-corrected chi connectivity index (χ0v) is 7.73. The van der Waals surface area contributed by atoms with Gasteiger partial charge in [-0.2, -0.15) is 5.10 Å². The zero-order valence-electron chi connectivity index (χ0n) is 7.73.